The number of benzene rings is 3. The Morgan fingerprint density at radius 3 is 2.62 bits per heavy atom. The van der Waals surface area contributed by atoms with Crippen molar-refractivity contribution in [2.24, 2.45) is 0 Å². The highest BCUT2D eigenvalue weighted by molar-refractivity contribution is 7.99. The van der Waals surface area contributed by atoms with Gasteiger partial charge in [0, 0.05) is 52.5 Å². The van der Waals surface area contributed by atoms with Gasteiger partial charge < -0.3 is 0 Å². The minimum absolute atomic E-state index is 1.11. The fraction of sp³-hybridized carbons (Fsp3) is 0. The van der Waals surface area contributed by atoms with Gasteiger partial charge in [0.05, 0.1) is 5.69 Å². The lowest BCUT2D eigenvalue weighted by molar-refractivity contribution is 1.23. The molecule has 0 unspecified atom stereocenters. The summed E-state index contributed by atoms with van der Waals surface area (Å²) in [5, 5.41) is 5.40. The Kier molecular flexibility index (Phi) is 2.49. The average molecular weight is 341 g/mol. The monoisotopic (exact) mass is 341 g/mol. The van der Waals surface area contributed by atoms with E-state index in [2.05, 4.69) is 54.6 Å². The summed E-state index contributed by atoms with van der Waals surface area (Å²) in [7, 11) is 0. The molecular weight excluding hydrogens is 330 g/mol. The van der Waals surface area contributed by atoms with Crippen molar-refractivity contribution >= 4 is 54.0 Å². The molecule has 0 fully saturated rings. The Labute approximate surface area is 147 Å². The Morgan fingerprint density at radius 1 is 0.750 bits per heavy atom. The molecule has 0 saturated heterocycles. The van der Waals surface area contributed by atoms with Crippen LogP contribution in [-0.2, 0) is 0 Å². The first-order chi connectivity index (χ1) is 11.9. The highest BCUT2D eigenvalue weighted by atomic mass is 32.2. The Hall–Kier alpha value is -2.36. The molecule has 0 amide bonds. The standard InChI is InChI=1S/C21H11NS2/c1-2-7-16-12(5-1)14-11-15-19-13(21(14)24-16)6-3-8-17(19)23-18-9-4-10-22-20(15)18/h1-11H. The van der Waals surface area contributed by atoms with Crippen molar-refractivity contribution in [2.45, 2.75) is 9.79 Å². The molecule has 112 valence electrons. The third kappa shape index (κ3) is 1.58. The van der Waals surface area contributed by atoms with Crippen molar-refractivity contribution in [3.63, 3.8) is 0 Å². The highest BCUT2D eigenvalue weighted by Gasteiger charge is 2.22. The molecule has 2 aromatic heterocycles. The van der Waals surface area contributed by atoms with Crippen LogP contribution in [0.25, 0.3) is 42.2 Å². The molecule has 0 aliphatic carbocycles. The second kappa shape index (κ2) is 4.59. The summed E-state index contributed by atoms with van der Waals surface area (Å²) in [5.74, 6) is 0. The van der Waals surface area contributed by atoms with Crippen LogP contribution in [0.3, 0.4) is 0 Å². The zero-order valence-corrected chi connectivity index (χ0v) is 14.2. The Balaban J connectivity index is 1.91. The number of nitrogens with zero attached hydrogens (tertiary/aromatic N) is 1. The minimum Gasteiger partial charge on any atom is -0.255 e. The number of hydrogen-bond acceptors (Lipinski definition) is 3. The smallest absolute Gasteiger partial charge is 0.0848 e. The fourth-order valence-electron chi connectivity index (χ4n) is 3.69. The molecule has 0 bridgehead atoms. The van der Waals surface area contributed by atoms with Crippen LogP contribution in [0.1, 0.15) is 0 Å². The summed E-state index contributed by atoms with van der Waals surface area (Å²) in [6.45, 7) is 0. The van der Waals surface area contributed by atoms with Gasteiger partial charge in [0.25, 0.3) is 0 Å². The van der Waals surface area contributed by atoms with Crippen molar-refractivity contribution in [3.8, 4) is 11.3 Å². The average Bonchev–Trinajstić information content (AvgIpc) is 3.01. The van der Waals surface area contributed by atoms with E-state index in [-0.39, 0.29) is 0 Å². The lowest BCUT2D eigenvalue weighted by Crippen LogP contribution is -1.95. The van der Waals surface area contributed by atoms with Crippen molar-refractivity contribution in [3.05, 3.63) is 66.9 Å². The number of hydrogen-bond donors (Lipinski definition) is 0. The summed E-state index contributed by atoms with van der Waals surface area (Å²) in [4.78, 5) is 7.28. The molecule has 3 heterocycles. The maximum Gasteiger partial charge on any atom is 0.0848 e. The van der Waals surface area contributed by atoms with Gasteiger partial charge in [-0.05, 0) is 30.3 Å². The van der Waals surface area contributed by atoms with Crippen LogP contribution in [0, 0.1) is 0 Å². The fourth-order valence-corrected chi connectivity index (χ4v) is 6.01. The summed E-state index contributed by atoms with van der Waals surface area (Å²) >= 11 is 3.73. The predicted molar refractivity (Wildman–Crippen MR) is 104 cm³/mol. The summed E-state index contributed by atoms with van der Waals surface area (Å²) in [5.41, 5.74) is 2.38. The maximum atomic E-state index is 4.70. The quantitative estimate of drug-likeness (QED) is 0.304. The topological polar surface area (TPSA) is 12.9 Å². The lowest BCUT2D eigenvalue weighted by Gasteiger charge is -2.19. The zero-order valence-electron chi connectivity index (χ0n) is 12.6. The van der Waals surface area contributed by atoms with Crippen molar-refractivity contribution in [1.82, 2.24) is 4.98 Å². The van der Waals surface area contributed by atoms with E-state index >= 15 is 0 Å². The molecule has 1 nitrogen and oxygen atoms in total. The van der Waals surface area contributed by atoms with E-state index in [1.165, 1.54) is 46.3 Å². The molecule has 0 spiro atoms. The van der Waals surface area contributed by atoms with Crippen LogP contribution in [0.4, 0.5) is 0 Å². The summed E-state index contributed by atoms with van der Waals surface area (Å²) in [6, 6.07) is 21.9. The minimum atomic E-state index is 1.11. The molecule has 1 aliphatic heterocycles. The number of thiophene rings is 1. The third-order valence-electron chi connectivity index (χ3n) is 4.71. The van der Waals surface area contributed by atoms with Gasteiger partial charge in [0.1, 0.15) is 0 Å². The van der Waals surface area contributed by atoms with Gasteiger partial charge in [-0.2, -0.15) is 0 Å². The third-order valence-corrected chi connectivity index (χ3v) is 7.04. The summed E-state index contributed by atoms with van der Waals surface area (Å²) in [6.07, 6.45) is 1.90. The van der Waals surface area contributed by atoms with E-state index < -0.39 is 0 Å². The van der Waals surface area contributed by atoms with E-state index in [4.69, 9.17) is 4.98 Å². The molecule has 0 saturated carbocycles. The van der Waals surface area contributed by atoms with Crippen LogP contribution in [0.5, 0.6) is 0 Å². The molecule has 0 atom stereocenters. The maximum absolute atomic E-state index is 4.70. The molecule has 0 radical (unpaired) electrons. The van der Waals surface area contributed by atoms with Gasteiger partial charge in [-0.15, -0.1) is 11.3 Å². The van der Waals surface area contributed by atoms with E-state index in [1.54, 1.807) is 0 Å². The van der Waals surface area contributed by atoms with Crippen LogP contribution < -0.4 is 0 Å². The number of fused-ring (bicyclic) bond motifs is 6. The second-order valence-corrected chi connectivity index (χ2v) is 8.17. The van der Waals surface area contributed by atoms with Gasteiger partial charge >= 0.3 is 0 Å². The van der Waals surface area contributed by atoms with E-state index in [0.29, 0.717) is 0 Å². The van der Waals surface area contributed by atoms with E-state index in [0.717, 1.165) is 5.69 Å². The van der Waals surface area contributed by atoms with Crippen LogP contribution >= 0.6 is 23.1 Å². The first kappa shape index (κ1) is 13.0. The van der Waals surface area contributed by atoms with Gasteiger partial charge in [-0.3, -0.25) is 4.98 Å². The van der Waals surface area contributed by atoms with Crippen LogP contribution in [0.15, 0.2) is 76.7 Å². The number of pyridine rings is 1. The molecule has 24 heavy (non-hydrogen) atoms. The zero-order chi connectivity index (χ0) is 15.7. The molecule has 6 rings (SSSR count). The molecule has 0 N–H and O–H groups in total. The van der Waals surface area contributed by atoms with Crippen molar-refractivity contribution < 1.29 is 0 Å². The van der Waals surface area contributed by atoms with Crippen LogP contribution in [-0.4, -0.2) is 4.98 Å². The van der Waals surface area contributed by atoms with Crippen molar-refractivity contribution in [1.29, 1.82) is 0 Å². The van der Waals surface area contributed by atoms with Gasteiger partial charge in [0.15, 0.2) is 0 Å². The highest BCUT2D eigenvalue weighted by Crippen LogP contribution is 2.50. The van der Waals surface area contributed by atoms with E-state index in [9.17, 15) is 0 Å². The molecule has 1 aliphatic rings. The predicted octanol–water partition coefficient (Wildman–Crippen LogP) is 6.73. The molecule has 3 heteroatoms. The van der Waals surface area contributed by atoms with Gasteiger partial charge in [-0.25, -0.2) is 0 Å². The largest absolute Gasteiger partial charge is 0.255 e. The number of aromatic nitrogens is 1. The first-order valence-electron chi connectivity index (χ1n) is 7.90. The number of rotatable bonds is 0. The van der Waals surface area contributed by atoms with Gasteiger partial charge in [0.2, 0.25) is 0 Å². The molecule has 3 aromatic carbocycles. The second-order valence-electron chi connectivity index (χ2n) is 6.03. The molecular formula is C21H11NS2. The normalized spacial score (nSPS) is 12.8. The SMILES string of the molecule is c1cnc2c(c1)Sc1cccc3c1c-2cc1c2ccccc2sc31. The lowest BCUT2D eigenvalue weighted by atomic mass is 9.97. The Morgan fingerprint density at radius 2 is 1.62 bits per heavy atom. The van der Waals surface area contributed by atoms with E-state index in [1.807, 2.05) is 35.4 Å². The summed E-state index contributed by atoms with van der Waals surface area (Å²) < 4.78 is 2.74. The van der Waals surface area contributed by atoms with Crippen molar-refractivity contribution in [2.75, 3.05) is 0 Å². The van der Waals surface area contributed by atoms with Gasteiger partial charge in [-0.1, -0.05) is 42.1 Å². The molecule has 5 aromatic rings. The first-order valence-corrected chi connectivity index (χ1v) is 9.54. The Bertz CT molecular complexity index is 1280. The van der Waals surface area contributed by atoms with Crippen LogP contribution in [0.2, 0.25) is 0 Å².